The van der Waals surface area contributed by atoms with Gasteiger partial charge in [0.15, 0.2) is 0 Å². The molecule has 3 fully saturated rings. The molecular weight excluding hydrogens is 560 g/mol. The Labute approximate surface area is 246 Å². The van der Waals surface area contributed by atoms with Crippen molar-refractivity contribution in [3.8, 4) is 23.0 Å². The van der Waals surface area contributed by atoms with E-state index in [4.69, 9.17) is 4.74 Å². The zero-order valence-electron chi connectivity index (χ0n) is 23.1. The van der Waals surface area contributed by atoms with Gasteiger partial charge in [-0.2, -0.15) is 0 Å². The van der Waals surface area contributed by atoms with Gasteiger partial charge < -0.3 is 40.1 Å². The molecule has 3 aromatic carbocycles. The molecule has 0 aromatic heterocycles. The van der Waals surface area contributed by atoms with E-state index in [0.29, 0.717) is 12.1 Å². The topological polar surface area (TPSA) is 183 Å². The van der Waals surface area contributed by atoms with Crippen molar-refractivity contribution in [2.75, 3.05) is 26.7 Å². The minimum atomic E-state index is -1.07. The molecule has 12 heteroatoms. The minimum absolute atomic E-state index is 0.0191. The molecule has 2 unspecified atom stereocenters. The standard InChI is InChI=1S/C31H30N2O10/c1-42-31(41)20-3-2-4-22(35)25(20)27(38)26-23(36)13-18(14-24(26)37)30(40)43-28-16-9-11-33(12-10-16)15-21(28)32-29(39)17-5-7-19(34)8-6-17/h2-8,13-14,16,21,28,34-37H,9-12,15H2,1H3,(H,32,39). The lowest BCUT2D eigenvalue weighted by atomic mass is 9.90. The normalized spacial score (nSPS) is 21.0. The number of esters is 2. The Bertz CT molecular complexity index is 1550. The summed E-state index contributed by atoms with van der Waals surface area (Å²) in [6, 6.07) is 10.8. The predicted octanol–water partition coefficient (Wildman–Crippen LogP) is 2.58. The number of ether oxygens (including phenoxy) is 2. The summed E-state index contributed by atoms with van der Waals surface area (Å²) >= 11 is 0. The second-order valence-corrected chi connectivity index (χ2v) is 10.5. The van der Waals surface area contributed by atoms with Crippen molar-refractivity contribution < 1.29 is 49.1 Å². The SMILES string of the molecule is COC(=O)c1cccc(O)c1C(=O)c1c(O)cc(C(=O)OC2C3CCN(CC3)CC2NC(=O)c2ccc(O)cc2)cc1O. The van der Waals surface area contributed by atoms with Gasteiger partial charge in [-0.3, -0.25) is 9.59 Å². The Morgan fingerprint density at radius 2 is 1.47 bits per heavy atom. The second-order valence-electron chi connectivity index (χ2n) is 10.5. The van der Waals surface area contributed by atoms with Gasteiger partial charge in [-0.1, -0.05) is 6.07 Å². The highest BCUT2D eigenvalue weighted by Gasteiger charge is 2.41. The van der Waals surface area contributed by atoms with E-state index in [9.17, 15) is 39.6 Å². The number of amides is 1. The first kappa shape index (κ1) is 29.4. The maximum Gasteiger partial charge on any atom is 0.338 e. The summed E-state index contributed by atoms with van der Waals surface area (Å²) < 4.78 is 10.6. The molecule has 3 aromatic rings. The van der Waals surface area contributed by atoms with Gasteiger partial charge in [-0.05, 0) is 74.5 Å². The van der Waals surface area contributed by atoms with E-state index in [2.05, 4.69) is 15.0 Å². The smallest absolute Gasteiger partial charge is 0.338 e. The zero-order valence-corrected chi connectivity index (χ0v) is 23.1. The van der Waals surface area contributed by atoms with Gasteiger partial charge >= 0.3 is 11.9 Å². The van der Waals surface area contributed by atoms with Gasteiger partial charge in [0.1, 0.15) is 34.7 Å². The van der Waals surface area contributed by atoms with E-state index in [1.165, 1.54) is 36.4 Å². The van der Waals surface area contributed by atoms with Gasteiger partial charge in [-0.15, -0.1) is 0 Å². The number of methoxy groups -OCH3 is 1. The Morgan fingerprint density at radius 3 is 2.09 bits per heavy atom. The molecule has 3 saturated heterocycles. The van der Waals surface area contributed by atoms with Crippen molar-refractivity contribution >= 4 is 23.6 Å². The van der Waals surface area contributed by atoms with Crippen molar-refractivity contribution in [2.24, 2.45) is 5.92 Å². The first-order valence-corrected chi connectivity index (χ1v) is 13.6. The van der Waals surface area contributed by atoms with Gasteiger partial charge in [0, 0.05) is 18.0 Å². The van der Waals surface area contributed by atoms with E-state index >= 15 is 0 Å². The quantitative estimate of drug-likeness (QED) is 0.201. The Hall–Kier alpha value is -5.10. The number of hydrogen-bond donors (Lipinski definition) is 5. The summed E-state index contributed by atoms with van der Waals surface area (Å²) in [5, 5.41) is 44.3. The third-order valence-corrected chi connectivity index (χ3v) is 7.87. The van der Waals surface area contributed by atoms with Crippen molar-refractivity contribution in [3.05, 3.63) is 82.4 Å². The van der Waals surface area contributed by atoms with Crippen molar-refractivity contribution in [1.29, 1.82) is 0 Å². The molecule has 43 heavy (non-hydrogen) atoms. The summed E-state index contributed by atoms with van der Waals surface area (Å²) in [7, 11) is 1.09. The van der Waals surface area contributed by atoms with E-state index in [1.54, 1.807) is 0 Å². The molecule has 12 nitrogen and oxygen atoms in total. The Balaban J connectivity index is 1.40. The number of nitrogens with one attached hydrogen (secondary N) is 1. The molecule has 2 bridgehead atoms. The number of phenols is 4. The highest BCUT2D eigenvalue weighted by Crippen LogP contribution is 2.36. The molecule has 1 amide bonds. The molecule has 0 spiro atoms. The van der Waals surface area contributed by atoms with Gasteiger partial charge in [0.2, 0.25) is 5.78 Å². The fourth-order valence-electron chi connectivity index (χ4n) is 5.68. The van der Waals surface area contributed by atoms with Crippen LogP contribution in [0.25, 0.3) is 0 Å². The van der Waals surface area contributed by atoms with Crippen molar-refractivity contribution in [1.82, 2.24) is 10.2 Å². The van der Waals surface area contributed by atoms with Crippen LogP contribution in [-0.2, 0) is 9.47 Å². The first-order valence-electron chi connectivity index (χ1n) is 13.6. The maximum atomic E-state index is 13.3. The number of carbonyl (C=O) groups is 4. The molecule has 224 valence electrons. The summed E-state index contributed by atoms with van der Waals surface area (Å²) in [5.74, 6) is -5.45. The number of fused-ring (bicyclic) bond motifs is 4. The molecule has 3 heterocycles. The maximum absolute atomic E-state index is 13.3. The summed E-state index contributed by atoms with van der Waals surface area (Å²) in [5.41, 5.74) is -1.34. The molecule has 3 aliphatic rings. The Kier molecular flexibility index (Phi) is 8.22. The number of benzene rings is 3. The number of aromatic hydroxyl groups is 4. The van der Waals surface area contributed by atoms with Crippen LogP contribution in [0.4, 0.5) is 0 Å². The average molecular weight is 591 g/mol. The minimum Gasteiger partial charge on any atom is -0.508 e. The Morgan fingerprint density at radius 1 is 0.814 bits per heavy atom. The van der Waals surface area contributed by atoms with Crippen molar-refractivity contribution in [2.45, 2.75) is 25.0 Å². The highest BCUT2D eigenvalue weighted by atomic mass is 16.5. The van der Waals surface area contributed by atoms with Crippen LogP contribution in [0.15, 0.2) is 54.6 Å². The number of ketones is 1. The summed E-state index contributed by atoms with van der Waals surface area (Å²) in [4.78, 5) is 54.0. The third kappa shape index (κ3) is 5.95. The molecule has 0 radical (unpaired) electrons. The van der Waals surface area contributed by atoms with Crippen LogP contribution in [0, 0.1) is 5.92 Å². The number of phenolic OH excluding ortho intramolecular Hbond substituents is 4. The molecular formula is C31H30N2O10. The third-order valence-electron chi connectivity index (χ3n) is 7.87. The van der Waals surface area contributed by atoms with Crippen LogP contribution in [-0.4, -0.2) is 87.8 Å². The van der Waals surface area contributed by atoms with E-state index in [1.807, 2.05) is 0 Å². The molecule has 6 rings (SSSR count). The zero-order chi connectivity index (χ0) is 30.8. The monoisotopic (exact) mass is 590 g/mol. The van der Waals surface area contributed by atoms with Crippen LogP contribution < -0.4 is 5.32 Å². The fraction of sp³-hybridized carbons (Fsp3) is 0.290. The van der Waals surface area contributed by atoms with Crippen LogP contribution >= 0.6 is 0 Å². The number of piperidine rings is 1. The molecule has 2 atom stereocenters. The van der Waals surface area contributed by atoms with E-state index in [-0.39, 0.29) is 22.8 Å². The van der Waals surface area contributed by atoms with Crippen LogP contribution in [0.5, 0.6) is 23.0 Å². The lowest BCUT2D eigenvalue weighted by Crippen LogP contribution is -2.50. The summed E-state index contributed by atoms with van der Waals surface area (Å²) in [6.07, 6.45) is 0.739. The second kappa shape index (κ2) is 12.0. The lowest BCUT2D eigenvalue weighted by molar-refractivity contribution is 0.00291. The molecule has 3 aliphatic heterocycles. The van der Waals surface area contributed by atoms with E-state index in [0.717, 1.165) is 51.2 Å². The number of carbonyl (C=O) groups excluding carboxylic acids is 4. The number of rotatable bonds is 7. The van der Waals surface area contributed by atoms with Gasteiger partial charge in [-0.25, -0.2) is 9.59 Å². The van der Waals surface area contributed by atoms with Crippen LogP contribution in [0.2, 0.25) is 0 Å². The van der Waals surface area contributed by atoms with Crippen molar-refractivity contribution in [3.63, 3.8) is 0 Å². The number of hydrogen-bond acceptors (Lipinski definition) is 11. The van der Waals surface area contributed by atoms with Gasteiger partial charge in [0.25, 0.3) is 5.91 Å². The molecule has 0 aliphatic carbocycles. The largest absolute Gasteiger partial charge is 0.508 e. The molecule has 0 saturated carbocycles. The summed E-state index contributed by atoms with van der Waals surface area (Å²) in [6.45, 7) is 1.97. The van der Waals surface area contributed by atoms with E-state index < -0.39 is 64.2 Å². The molecule has 5 N–H and O–H groups in total. The van der Waals surface area contributed by atoms with Crippen LogP contribution in [0.3, 0.4) is 0 Å². The average Bonchev–Trinajstić information content (AvgIpc) is 3.24. The fourth-order valence-corrected chi connectivity index (χ4v) is 5.68. The highest BCUT2D eigenvalue weighted by molar-refractivity contribution is 6.18. The predicted molar refractivity (Wildman–Crippen MR) is 150 cm³/mol. The lowest BCUT2D eigenvalue weighted by Gasteiger charge is -2.30. The number of nitrogens with zero attached hydrogens (tertiary/aromatic N) is 1. The first-order chi connectivity index (χ1) is 20.6. The van der Waals surface area contributed by atoms with Gasteiger partial charge in [0.05, 0.1) is 29.8 Å². The van der Waals surface area contributed by atoms with Crippen LogP contribution in [0.1, 0.15) is 59.8 Å².